The second-order valence-electron chi connectivity index (χ2n) is 8.14. The Morgan fingerprint density at radius 1 is 1.06 bits per heavy atom. The highest BCUT2D eigenvalue weighted by Crippen LogP contribution is 2.34. The molecule has 0 fully saturated rings. The Morgan fingerprint density at radius 3 is 2.44 bits per heavy atom. The second-order valence-corrected chi connectivity index (χ2v) is 10.0. The van der Waals surface area contributed by atoms with Crippen LogP contribution < -0.4 is 19.1 Å². The van der Waals surface area contributed by atoms with Gasteiger partial charge in [0, 0.05) is 19.0 Å². The molecule has 0 radical (unpaired) electrons. The number of amides is 1. The van der Waals surface area contributed by atoms with Crippen molar-refractivity contribution in [2.45, 2.75) is 46.1 Å². The lowest BCUT2D eigenvalue weighted by Gasteiger charge is -2.25. The zero-order chi connectivity index (χ0) is 23.3. The Kier molecular flexibility index (Phi) is 7.66. The summed E-state index contributed by atoms with van der Waals surface area (Å²) in [5, 5.41) is 3.08. The van der Waals surface area contributed by atoms with Crippen LogP contribution in [0.3, 0.4) is 0 Å². The lowest BCUT2D eigenvalue weighted by Crippen LogP contribution is -2.33. The fourth-order valence-corrected chi connectivity index (χ4v) is 4.68. The van der Waals surface area contributed by atoms with E-state index in [0.717, 1.165) is 18.2 Å². The fraction of sp³-hybridized carbons (Fsp3) is 0.458. The fourth-order valence-electron chi connectivity index (χ4n) is 3.73. The first kappa shape index (κ1) is 23.9. The maximum atomic E-state index is 12.6. The molecule has 1 aliphatic rings. The lowest BCUT2D eigenvalue weighted by molar-refractivity contribution is -0.121. The summed E-state index contributed by atoms with van der Waals surface area (Å²) in [5.41, 5.74) is 3.99. The zero-order valence-electron chi connectivity index (χ0n) is 19.2. The van der Waals surface area contributed by atoms with Gasteiger partial charge < -0.3 is 14.8 Å². The predicted molar refractivity (Wildman–Crippen MR) is 126 cm³/mol. The van der Waals surface area contributed by atoms with E-state index in [9.17, 15) is 13.2 Å². The minimum absolute atomic E-state index is 0.0643. The second kappa shape index (κ2) is 10.3. The lowest BCUT2D eigenvalue weighted by atomic mass is 9.99. The van der Waals surface area contributed by atoms with Crippen LogP contribution in [-0.4, -0.2) is 40.3 Å². The number of nitrogens with one attached hydrogen (secondary N) is 1. The summed E-state index contributed by atoms with van der Waals surface area (Å²) in [7, 11) is -3.52. The summed E-state index contributed by atoms with van der Waals surface area (Å²) >= 11 is 0. The molecule has 1 aliphatic heterocycles. The molecule has 2 aromatic rings. The third-order valence-corrected chi connectivity index (χ3v) is 6.85. The molecule has 1 heterocycles. The van der Waals surface area contributed by atoms with Gasteiger partial charge in [-0.2, -0.15) is 0 Å². The quantitative estimate of drug-likeness (QED) is 0.614. The molecule has 8 heteroatoms. The smallest absolute Gasteiger partial charge is 0.232 e. The molecule has 0 bridgehead atoms. The summed E-state index contributed by atoms with van der Waals surface area (Å²) < 4.78 is 37.2. The number of fused-ring (bicyclic) bond motifs is 1. The summed E-state index contributed by atoms with van der Waals surface area (Å²) in [6.07, 6.45) is 2.58. The van der Waals surface area contributed by atoms with Crippen LogP contribution in [0.1, 0.15) is 48.9 Å². The monoisotopic (exact) mass is 460 g/mol. The van der Waals surface area contributed by atoms with Gasteiger partial charge in [-0.1, -0.05) is 25.1 Å². The maximum absolute atomic E-state index is 12.6. The summed E-state index contributed by atoms with van der Waals surface area (Å²) in [4.78, 5) is 12.6. The first-order chi connectivity index (χ1) is 15.2. The molecule has 0 saturated carbocycles. The van der Waals surface area contributed by atoms with Crippen LogP contribution in [-0.2, 0) is 14.8 Å². The van der Waals surface area contributed by atoms with Crippen LogP contribution in [0.15, 0.2) is 36.4 Å². The summed E-state index contributed by atoms with van der Waals surface area (Å²) in [6, 6.07) is 11.2. The van der Waals surface area contributed by atoms with E-state index < -0.39 is 10.0 Å². The van der Waals surface area contributed by atoms with E-state index >= 15 is 0 Å². The first-order valence-electron chi connectivity index (χ1n) is 10.9. The third kappa shape index (κ3) is 5.94. The molecule has 7 nitrogen and oxygen atoms in total. The zero-order valence-corrected chi connectivity index (χ0v) is 20.0. The van der Waals surface area contributed by atoms with E-state index in [2.05, 4.69) is 31.3 Å². The van der Waals surface area contributed by atoms with E-state index in [1.165, 1.54) is 15.4 Å². The van der Waals surface area contributed by atoms with Gasteiger partial charge in [-0.05, 0) is 55.5 Å². The van der Waals surface area contributed by atoms with Gasteiger partial charge in [0.25, 0.3) is 0 Å². The van der Waals surface area contributed by atoms with Crippen molar-refractivity contribution < 1.29 is 22.7 Å². The van der Waals surface area contributed by atoms with Crippen molar-refractivity contribution in [3.63, 3.8) is 0 Å². The van der Waals surface area contributed by atoms with Gasteiger partial charge in [0.1, 0.15) is 13.2 Å². The summed E-state index contributed by atoms with van der Waals surface area (Å²) in [5.74, 6) is 1.04. The Labute approximate surface area is 190 Å². The van der Waals surface area contributed by atoms with E-state index in [1.807, 2.05) is 13.0 Å². The van der Waals surface area contributed by atoms with Crippen molar-refractivity contribution in [2.75, 3.05) is 30.3 Å². The van der Waals surface area contributed by atoms with E-state index in [0.29, 0.717) is 36.8 Å². The van der Waals surface area contributed by atoms with Crippen LogP contribution in [0, 0.1) is 13.8 Å². The minimum Gasteiger partial charge on any atom is -0.486 e. The molecule has 2 aromatic carbocycles. The maximum Gasteiger partial charge on any atom is 0.232 e. The number of aryl methyl sites for hydroxylation is 2. The summed E-state index contributed by atoms with van der Waals surface area (Å²) in [6.45, 7) is 7.26. The van der Waals surface area contributed by atoms with Crippen molar-refractivity contribution in [1.82, 2.24) is 5.32 Å². The van der Waals surface area contributed by atoms with Gasteiger partial charge in [0.2, 0.25) is 15.9 Å². The largest absolute Gasteiger partial charge is 0.486 e. The SMILES string of the molecule is CCC(NC(=O)CCCN(c1ccc2c(c1)OCCO2)S(C)(=O)=O)c1ccc(C)c(C)c1. The molecule has 0 spiro atoms. The van der Waals surface area contributed by atoms with E-state index in [1.54, 1.807) is 18.2 Å². The van der Waals surface area contributed by atoms with Crippen molar-refractivity contribution in [1.29, 1.82) is 0 Å². The highest BCUT2D eigenvalue weighted by Gasteiger charge is 2.21. The third-order valence-electron chi connectivity index (χ3n) is 5.66. The normalized spacial score (nSPS) is 14.0. The molecule has 174 valence electrons. The van der Waals surface area contributed by atoms with Gasteiger partial charge in [0.05, 0.1) is 18.0 Å². The highest BCUT2D eigenvalue weighted by molar-refractivity contribution is 7.92. The highest BCUT2D eigenvalue weighted by atomic mass is 32.2. The standard InChI is InChI=1S/C24H32N2O5S/c1-5-21(19-9-8-17(2)18(3)15-19)25-24(27)7-6-12-26(32(4,28)29)20-10-11-22-23(16-20)31-14-13-30-22/h8-11,15-16,21H,5-7,12-14H2,1-4H3,(H,25,27). The van der Waals surface area contributed by atoms with Gasteiger partial charge in [-0.25, -0.2) is 8.42 Å². The molecular weight excluding hydrogens is 428 g/mol. The van der Waals surface area contributed by atoms with Gasteiger partial charge in [-0.3, -0.25) is 9.10 Å². The topological polar surface area (TPSA) is 84.9 Å². The van der Waals surface area contributed by atoms with Gasteiger partial charge >= 0.3 is 0 Å². The van der Waals surface area contributed by atoms with E-state index in [-0.39, 0.29) is 24.9 Å². The van der Waals surface area contributed by atoms with Crippen LogP contribution in [0.4, 0.5) is 5.69 Å². The van der Waals surface area contributed by atoms with Crippen LogP contribution in [0.5, 0.6) is 11.5 Å². The number of rotatable bonds is 9. The van der Waals surface area contributed by atoms with Gasteiger partial charge in [0.15, 0.2) is 11.5 Å². The van der Waals surface area contributed by atoms with Crippen molar-refractivity contribution in [3.8, 4) is 11.5 Å². The predicted octanol–water partition coefficient (Wildman–Crippen LogP) is 3.89. The van der Waals surface area contributed by atoms with Gasteiger partial charge in [-0.15, -0.1) is 0 Å². The van der Waals surface area contributed by atoms with Crippen molar-refractivity contribution in [2.24, 2.45) is 0 Å². The average molecular weight is 461 g/mol. The number of benzene rings is 2. The Balaban J connectivity index is 1.62. The number of hydrogen-bond donors (Lipinski definition) is 1. The number of anilines is 1. The average Bonchev–Trinajstić information content (AvgIpc) is 2.76. The van der Waals surface area contributed by atoms with Crippen LogP contribution in [0.25, 0.3) is 0 Å². The minimum atomic E-state index is -3.52. The Bertz CT molecular complexity index is 1070. The first-order valence-corrected chi connectivity index (χ1v) is 12.8. The molecule has 1 amide bonds. The number of ether oxygens (including phenoxy) is 2. The molecule has 1 N–H and O–H groups in total. The van der Waals surface area contributed by atoms with Crippen LogP contribution >= 0.6 is 0 Å². The van der Waals surface area contributed by atoms with Crippen LogP contribution in [0.2, 0.25) is 0 Å². The van der Waals surface area contributed by atoms with E-state index in [4.69, 9.17) is 9.47 Å². The molecule has 3 rings (SSSR count). The number of hydrogen-bond acceptors (Lipinski definition) is 5. The number of carbonyl (C=O) groups excluding carboxylic acids is 1. The molecule has 32 heavy (non-hydrogen) atoms. The number of sulfonamides is 1. The molecule has 0 aromatic heterocycles. The molecule has 1 unspecified atom stereocenters. The number of nitrogens with zero attached hydrogens (tertiary/aromatic N) is 1. The molecular formula is C24H32N2O5S. The number of carbonyl (C=O) groups is 1. The van der Waals surface area contributed by atoms with Crippen molar-refractivity contribution >= 4 is 21.6 Å². The molecule has 0 saturated heterocycles. The molecule has 0 aliphatic carbocycles. The Morgan fingerprint density at radius 2 is 1.78 bits per heavy atom. The Hall–Kier alpha value is -2.74. The molecule has 1 atom stereocenters. The van der Waals surface area contributed by atoms with Crippen molar-refractivity contribution in [3.05, 3.63) is 53.1 Å².